The van der Waals surface area contributed by atoms with Gasteiger partial charge in [0.25, 0.3) is 0 Å². The van der Waals surface area contributed by atoms with Gasteiger partial charge in [-0.3, -0.25) is 0 Å². The molecule has 1 nitrogen and oxygen atoms in total. The molecule has 53 valence electrons. The van der Waals surface area contributed by atoms with Crippen LogP contribution in [0, 0.1) is 5.94 Å². The van der Waals surface area contributed by atoms with Gasteiger partial charge >= 0.3 is 0 Å². The average Bonchev–Trinajstić information content (AvgIpc) is 2.03. The third-order valence-corrected chi connectivity index (χ3v) is 1.86. The predicted molar refractivity (Wildman–Crippen MR) is 43.6 cm³/mol. The minimum Gasteiger partial charge on any atom is -0.367 e. The van der Waals surface area contributed by atoms with E-state index < -0.39 is 0 Å². The van der Waals surface area contributed by atoms with Crippen molar-refractivity contribution >= 4 is 11.8 Å². The number of benzene rings is 1. The van der Waals surface area contributed by atoms with Gasteiger partial charge in [-0.05, 0) is 12.1 Å². The molecule has 0 aliphatic heterocycles. The van der Waals surface area contributed by atoms with Gasteiger partial charge in [0, 0.05) is 12.0 Å². The van der Waals surface area contributed by atoms with Crippen molar-refractivity contribution in [3.05, 3.63) is 36.3 Å². The highest BCUT2D eigenvalue weighted by Crippen LogP contribution is 2.19. The van der Waals surface area contributed by atoms with Crippen molar-refractivity contribution in [1.82, 2.24) is 0 Å². The maximum Gasteiger partial charge on any atom is 0.143 e. The van der Waals surface area contributed by atoms with Gasteiger partial charge in [0.15, 0.2) is 0 Å². The van der Waals surface area contributed by atoms with E-state index in [9.17, 15) is 0 Å². The van der Waals surface area contributed by atoms with Crippen LogP contribution < -0.4 is 0 Å². The highest BCUT2D eigenvalue weighted by Gasteiger charge is 1.88. The molecule has 0 bridgehead atoms. The van der Waals surface area contributed by atoms with Crippen molar-refractivity contribution in [3.63, 3.8) is 0 Å². The Morgan fingerprint density at radius 1 is 1.30 bits per heavy atom. The van der Waals surface area contributed by atoms with Gasteiger partial charge in [0.05, 0.1) is 0 Å². The van der Waals surface area contributed by atoms with Crippen molar-refractivity contribution in [2.75, 3.05) is 7.11 Å². The lowest BCUT2D eigenvalue weighted by atomic mass is 10.4. The Balaban J connectivity index is 2.43. The van der Waals surface area contributed by atoms with Crippen molar-refractivity contribution in [3.8, 4) is 0 Å². The number of ether oxygens (including phenoxy) is 1. The second-order valence-electron chi connectivity index (χ2n) is 1.76. The van der Waals surface area contributed by atoms with Crippen LogP contribution in [0.25, 0.3) is 0 Å². The van der Waals surface area contributed by atoms with E-state index in [0.29, 0.717) is 0 Å². The first kappa shape index (κ1) is 7.63. The monoisotopic (exact) mass is 153 g/mol. The highest BCUT2D eigenvalue weighted by molar-refractivity contribution is 8.01. The van der Waals surface area contributed by atoms with E-state index in [1.54, 1.807) is 24.8 Å². The first-order valence-corrected chi connectivity index (χ1v) is 3.87. The molecule has 0 spiro atoms. The predicted octanol–water partition coefficient (Wildman–Crippen LogP) is 2.54. The molecule has 0 N–H and O–H groups in total. The van der Waals surface area contributed by atoms with E-state index >= 15 is 0 Å². The molecule has 0 fully saturated rings. The SMILES string of the molecule is CO[CH]Sc1ccccc1. The standard InChI is InChI=1S/C8H9OS/c1-9-7-10-8-5-3-2-4-6-8/h2-7H,1H3. The largest absolute Gasteiger partial charge is 0.367 e. The molecule has 1 aromatic rings. The number of methoxy groups -OCH3 is 1. The normalized spacial score (nSPS) is 9.70. The molecule has 1 rings (SSSR count). The Hall–Kier alpha value is -0.470. The summed E-state index contributed by atoms with van der Waals surface area (Å²) in [4.78, 5) is 1.20. The van der Waals surface area contributed by atoms with Crippen molar-refractivity contribution in [1.29, 1.82) is 0 Å². The van der Waals surface area contributed by atoms with E-state index in [-0.39, 0.29) is 0 Å². The lowest BCUT2D eigenvalue weighted by molar-refractivity contribution is 0.315. The van der Waals surface area contributed by atoms with Crippen LogP contribution in [0.4, 0.5) is 0 Å². The Bertz CT molecular complexity index is 174. The zero-order valence-corrected chi connectivity index (χ0v) is 6.60. The second kappa shape index (κ2) is 4.36. The summed E-state index contributed by atoms with van der Waals surface area (Å²) in [5.41, 5.74) is 0. The highest BCUT2D eigenvalue weighted by atomic mass is 32.2. The molecule has 0 heterocycles. The van der Waals surface area contributed by atoms with Gasteiger partial charge in [-0.15, -0.1) is 0 Å². The topological polar surface area (TPSA) is 9.23 Å². The number of hydrogen-bond donors (Lipinski definition) is 0. The van der Waals surface area contributed by atoms with Gasteiger partial charge in [0.2, 0.25) is 0 Å². The van der Waals surface area contributed by atoms with Gasteiger partial charge < -0.3 is 4.74 Å². The van der Waals surface area contributed by atoms with Crippen molar-refractivity contribution in [2.24, 2.45) is 0 Å². The molecular weight excluding hydrogens is 144 g/mol. The molecule has 1 aromatic carbocycles. The minimum atomic E-state index is 1.20. The zero-order valence-electron chi connectivity index (χ0n) is 5.78. The molecule has 0 aliphatic carbocycles. The first-order valence-electron chi connectivity index (χ1n) is 2.99. The summed E-state index contributed by atoms with van der Waals surface area (Å²) < 4.78 is 4.78. The summed E-state index contributed by atoms with van der Waals surface area (Å²) >= 11 is 1.57. The van der Waals surface area contributed by atoms with Crippen LogP contribution in [0.5, 0.6) is 0 Å². The number of rotatable bonds is 3. The molecule has 10 heavy (non-hydrogen) atoms. The van der Waals surface area contributed by atoms with Crippen LogP contribution >= 0.6 is 11.8 Å². The second-order valence-corrected chi connectivity index (χ2v) is 2.66. The van der Waals surface area contributed by atoms with Gasteiger partial charge in [-0.1, -0.05) is 30.0 Å². The molecule has 0 unspecified atom stereocenters. The molecule has 0 saturated carbocycles. The lowest BCUT2D eigenvalue weighted by Crippen LogP contribution is -1.72. The van der Waals surface area contributed by atoms with Crippen LogP contribution in [0.15, 0.2) is 35.2 Å². The zero-order chi connectivity index (χ0) is 7.23. The van der Waals surface area contributed by atoms with Crippen LogP contribution in [0.1, 0.15) is 0 Å². The first-order chi connectivity index (χ1) is 4.93. The molecule has 0 aliphatic rings. The average molecular weight is 153 g/mol. The fourth-order valence-corrected chi connectivity index (χ4v) is 1.12. The molecular formula is C8H9OS. The molecule has 0 aromatic heterocycles. The lowest BCUT2D eigenvalue weighted by Gasteiger charge is -1.96. The summed E-state index contributed by atoms with van der Waals surface area (Å²) in [6.45, 7) is 0. The Kier molecular flexibility index (Phi) is 3.33. The Morgan fingerprint density at radius 2 is 2.00 bits per heavy atom. The molecule has 0 saturated heterocycles. The summed E-state index contributed by atoms with van der Waals surface area (Å²) in [7, 11) is 1.65. The van der Waals surface area contributed by atoms with Crippen molar-refractivity contribution in [2.45, 2.75) is 4.90 Å². The van der Waals surface area contributed by atoms with E-state index in [2.05, 4.69) is 0 Å². The van der Waals surface area contributed by atoms with Crippen molar-refractivity contribution < 1.29 is 4.74 Å². The van der Waals surface area contributed by atoms with Gasteiger partial charge in [0.1, 0.15) is 5.94 Å². The van der Waals surface area contributed by atoms with E-state index in [1.165, 1.54) is 4.90 Å². The van der Waals surface area contributed by atoms with E-state index in [1.807, 2.05) is 30.3 Å². The fourth-order valence-electron chi connectivity index (χ4n) is 0.603. The number of hydrogen-bond acceptors (Lipinski definition) is 2. The van der Waals surface area contributed by atoms with E-state index in [0.717, 1.165) is 0 Å². The maximum absolute atomic E-state index is 4.78. The quantitative estimate of drug-likeness (QED) is 0.617. The summed E-state index contributed by atoms with van der Waals surface area (Å²) in [6.07, 6.45) is 0. The van der Waals surface area contributed by atoms with Crippen LogP contribution in [-0.4, -0.2) is 7.11 Å². The summed E-state index contributed by atoms with van der Waals surface area (Å²) in [5, 5.41) is 0. The fraction of sp³-hybridized carbons (Fsp3) is 0.125. The van der Waals surface area contributed by atoms with Gasteiger partial charge in [-0.2, -0.15) is 0 Å². The third-order valence-electron chi connectivity index (χ3n) is 1.02. The molecule has 2 heteroatoms. The number of thioether (sulfide) groups is 1. The summed E-state index contributed by atoms with van der Waals surface area (Å²) in [6, 6.07) is 10.1. The van der Waals surface area contributed by atoms with Crippen LogP contribution in [0.2, 0.25) is 0 Å². The van der Waals surface area contributed by atoms with Crippen LogP contribution in [-0.2, 0) is 4.74 Å². The summed E-state index contributed by atoms with van der Waals surface area (Å²) in [5.74, 6) is 1.70. The third kappa shape index (κ3) is 2.42. The van der Waals surface area contributed by atoms with E-state index in [4.69, 9.17) is 4.74 Å². The smallest absolute Gasteiger partial charge is 0.143 e. The molecule has 0 atom stereocenters. The van der Waals surface area contributed by atoms with Gasteiger partial charge in [-0.25, -0.2) is 0 Å². The minimum absolute atomic E-state index is 1.20. The Morgan fingerprint density at radius 3 is 2.60 bits per heavy atom. The molecule has 0 amide bonds. The van der Waals surface area contributed by atoms with Crippen LogP contribution in [0.3, 0.4) is 0 Å². The maximum atomic E-state index is 4.78. The molecule has 1 radical (unpaired) electrons. The Labute approximate surface area is 65.4 Å².